The van der Waals surface area contributed by atoms with E-state index in [2.05, 4.69) is 26.1 Å². The molecule has 2 saturated heterocycles. The predicted molar refractivity (Wildman–Crippen MR) is 174 cm³/mol. The van der Waals surface area contributed by atoms with Crippen LogP contribution in [0.4, 0.5) is 15.8 Å². The van der Waals surface area contributed by atoms with Crippen molar-refractivity contribution in [3.8, 4) is 5.75 Å². The van der Waals surface area contributed by atoms with Gasteiger partial charge < -0.3 is 15.2 Å². The minimum absolute atomic E-state index is 0. The van der Waals surface area contributed by atoms with Gasteiger partial charge in [-0.3, -0.25) is 19.4 Å². The Bertz CT molecular complexity index is 1730. The van der Waals surface area contributed by atoms with E-state index in [1.807, 2.05) is 11.8 Å². The number of carbonyl (C=O) groups excluding carboxylic acids is 2. The molecule has 238 valence electrons. The molecule has 3 aromatic rings. The number of carbonyl (C=O) groups is 3. The molecule has 3 heterocycles. The average molecular weight is 677 g/mol. The van der Waals surface area contributed by atoms with Crippen molar-refractivity contribution in [2.75, 3.05) is 17.3 Å². The summed E-state index contributed by atoms with van der Waals surface area (Å²) in [5.41, 5.74) is 0.0471. The Morgan fingerprint density at radius 2 is 1.82 bits per heavy atom. The van der Waals surface area contributed by atoms with Crippen molar-refractivity contribution in [1.82, 2.24) is 4.90 Å². The van der Waals surface area contributed by atoms with Crippen LogP contribution in [0.3, 0.4) is 0 Å². The van der Waals surface area contributed by atoms with Gasteiger partial charge in [-0.05, 0) is 66.3 Å². The van der Waals surface area contributed by atoms with Gasteiger partial charge in [0.05, 0.1) is 29.5 Å². The number of aromatic carboxylic acids is 1. The van der Waals surface area contributed by atoms with Gasteiger partial charge in [0.15, 0.2) is 0 Å². The molecule has 12 heteroatoms. The molecule has 0 radical (unpaired) electrons. The number of carboxylic acids is 1. The Kier molecular flexibility index (Phi) is 8.40. The van der Waals surface area contributed by atoms with Crippen molar-refractivity contribution in [2.24, 2.45) is 5.41 Å². The zero-order valence-electron chi connectivity index (χ0n) is 25.2. The smallest absolute Gasteiger partial charge is 0.335 e. The summed E-state index contributed by atoms with van der Waals surface area (Å²) in [5.74, 6) is -3.29. The van der Waals surface area contributed by atoms with Crippen molar-refractivity contribution in [3.63, 3.8) is 0 Å². The number of rotatable bonds is 5. The molecule has 5 atom stereocenters. The Labute approximate surface area is 276 Å². The van der Waals surface area contributed by atoms with Gasteiger partial charge in [-0.2, -0.15) is 0 Å². The van der Waals surface area contributed by atoms with Crippen LogP contribution in [0.2, 0.25) is 10.0 Å². The van der Waals surface area contributed by atoms with Crippen LogP contribution in [-0.2, 0) is 15.0 Å². The molecule has 0 saturated carbocycles. The van der Waals surface area contributed by atoms with Crippen molar-refractivity contribution in [2.45, 2.75) is 63.7 Å². The lowest BCUT2D eigenvalue weighted by Crippen LogP contribution is -2.54. The van der Waals surface area contributed by atoms with Crippen molar-refractivity contribution in [3.05, 3.63) is 87.2 Å². The quantitative estimate of drug-likeness (QED) is 0.299. The fourth-order valence-corrected chi connectivity index (χ4v) is 7.95. The number of anilines is 2. The second kappa shape index (κ2) is 11.5. The van der Waals surface area contributed by atoms with Crippen molar-refractivity contribution < 1.29 is 28.6 Å². The number of nitrogens with zero attached hydrogens (tertiary/aromatic N) is 2. The minimum Gasteiger partial charge on any atom is -0.495 e. The molecule has 2 amide bonds. The van der Waals surface area contributed by atoms with E-state index < -0.39 is 41.4 Å². The Morgan fingerprint density at radius 1 is 1.11 bits per heavy atom. The zero-order chi connectivity index (χ0) is 31.9. The number of fused-ring (bicyclic) bond motifs is 3. The zero-order valence-corrected chi connectivity index (χ0v) is 27.6. The van der Waals surface area contributed by atoms with Crippen LogP contribution in [0.1, 0.15) is 61.5 Å². The summed E-state index contributed by atoms with van der Waals surface area (Å²) in [6.45, 7) is 8.05. The van der Waals surface area contributed by atoms with Gasteiger partial charge in [0.2, 0.25) is 11.8 Å². The number of hydrogen-bond acceptors (Lipinski definition) is 5. The van der Waals surface area contributed by atoms with Crippen molar-refractivity contribution >= 4 is 64.8 Å². The summed E-state index contributed by atoms with van der Waals surface area (Å²) in [5, 5.41) is 12.9. The summed E-state index contributed by atoms with van der Waals surface area (Å²) in [4.78, 5) is 44.6. The molecule has 0 bridgehead atoms. The summed E-state index contributed by atoms with van der Waals surface area (Å²) in [6, 6.07) is 12.6. The first-order valence-electron chi connectivity index (χ1n) is 14.3. The highest BCUT2D eigenvalue weighted by atomic mass is 35.5. The van der Waals surface area contributed by atoms with Gasteiger partial charge in [-0.25, -0.2) is 9.18 Å². The van der Waals surface area contributed by atoms with Gasteiger partial charge in [-0.1, -0.05) is 62.2 Å². The second-order valence-corrected chi connectivity index (χ2v) is 13.7. The molecule has 45 heavy (non-hydrogen) atoms. The highest BCUT2D eigenvalue weighted by Gasteiger charge is 2.72. The molecular formula is C33H33Cl3FN3O5. The van der Waals surface area contributed by atoms with E-state index in [0.717, 1.165) is 0 Å². The van der Waals surface area contributed by atoms with E-state index in [-0.39, 0.29) is 51.5 Å². The topological polar surface area (TPSA) is 99.2 Å². The Hall–Kier alpha value is -3.37. The van der Waals surface area contributed by atoms with E-state index in [9.17, 15) is 19.5 Å². The molecule has 3 aliphatic heterocycles. The van der Waals surface area contributed by atoms with E-state index in [1.165, 1.54) is 25.3 Å². The normalized spacial score (nSPS) is 25.6. The lowest BCUT2D eigenvalue weighted by molar-refractivity contribution is -0.122. The first-order chi connectivity index (χ1) is 20.7. The number of hydrogen-bond donors (Lipinski definition) is 2. The number of methoxy groups -OCH3 is 1. The minimum atomic E-state index is -1.36. The molecule has 3 aromatic carbocycles. The maximum Gasteiger partial charge on any atom is 0.335 e. The summed E-state index contributed by atoms with van der Waals surface area (Å²) in [6.07, 6.45) is -0.129. The van der Waals surface area contributed by atoms with Crippen LogP contribution in [0.25, 0.3) is 0 Å². The van der Waals surface area contributed by atoms with Crippen LogP contribution in [-0.4, -0.2) is 53.1 Å². The van der Waals surface area contributed by atoms with Gasteiger partial charge in [0.25, 0.3) is 0 Å². The largest absolute Gasteiger partial charge is 0.495 e. The number of carboxylic acid groups (broad SMARTS) is 1. The number of halogens is 4. The number of nitrogens with one attached hydrogen (secondary N) is 1. The molecule has 8 nitrogen and oxygen atoms in total. The maximum atomic E-state index is 16.2. The fourth-order valence-electron chi connectivity index (χ4n) is 7.60. The molecular weight excluding hydrogens is 644 g/mol. The van der Waals surface area contributed by atoms with Crippen LogP contribution in [0, 0.1) is 11.2 Å². The van der Waals surface area contributed by atoms with E-state index in [0.29, 0.717) is 28.4 Å². The molecule has 6 rings (SSSR count). The Morgan fingerprint density at radius 3 is 2.47 bits per heavy atom. The van der Waals surface area contributed by atoms with Gasteiger partial charge in [0, 0.05) is 22.7 Å². The summed E-state index contributed by atoms with van der Waals surface area (Å²) in [7, 11) is 1.41. The van der Waals surface area contributed by atoms with E-state index in [4.69, 9.17) is 27.9 Å². The van der Waals surface area contributed by atoms with Crippen LogP contribution >= 0.6 is 35.6 Å². The molecule has 1 spiro atoms. The SMILES string of the molecule is COc1cc(C(=O)O)ccc1N1C(=O)[C@H]2[C@H](c3cccc(Cl)c3F)C3(C(=O)Nc4cc(Cl)ccc43)[C@H](CC(C)(C)C)N2[C@@H]1C.Cl. The summed E-state index contributed by atoms with van der Waals surface area (Å²) >= 11 is 12.7. The summed E-state index contributed by atoms with van der Waals surface area (Å²) < 4.78 is 21.7. The van der Waals surface area contributed by atoms with Gasteiger partial charge >= 0.3 is 5.97 Å². The first kappa shape index (κ1) is 33.0. The maximum absolute atomic E-state index is 16.2. The predicted octanol–water partition coefficient (Wildman–Crippen LogP) is 7.12. The molecule has 2 N–H and O–H groups in total. The number of benzene rings is 3. The number of ether oxygens (including phenoxy) is 1. The van der Waals surface area contributed by atoms with Gasteiger partial charge in [-0.15, -0.1) is 12.4 Å². The monoisotopic (exact) mass is 675 g/mol. The average Bonchev–Trinajstić information content (AvgIpc) is 3.50. The fraction of sp³-hybridized carbons (Fsp3) is 0.364. The molecule has 3 aliphatic rings. The highest BCUT2D eigenvalue weighted by Crippen LogP contribution is 2.63. The first-order valence-corrected chi connectivity index (χ1v) is 15.0. The van der Waals surface area contributed by atoms with E-state index >= 15 is 4.39 Å². The van der Waals surface area contributed by atoms with E-state index in [1.54, 1.807) is 41.3 Å². The lowest BCUT2D eigenvalue weighted by atomic mass is 9.62. The third-order valence-corrected chi connectivity index (χ3v) is 9.70. The highest BCUT2D eigenvalue weighted by molar-refractivity contribution is 6.31. The molecule has 0 aliphatic carbocycles. The standard InChI is InChI=1S/C33H32Cl2FN3O5.ClH/c1-16-38(23-12-9-17(30(41)42)13-24(23)44-5)29(40)28-26(19-7-6-8-21(35)27(19)36)33(25(39(16)28)15-32(2,3)4)20-11-10-18(34)14-22(20)37-31(33)43;/h6-14,16,25-26,28H,15H2,1-5H3,(H,37,43)(H,41,42);1H/t16-,25+,26+,28-,33?;/m1./s1. The lowest BCUT2D eigenvalue weighted by Gasteiger charge is -2.42. The third kappa shape index (κ3) is 4.87. The van der Waals surface area contributed by atoms with Crippen molar-refractivity contribution in [1.29, 1.82) is 0 Å². The second-order valence-electron chi connectivity index (χ2n) is 12.8. The Balaban J connectivity index is 0.00000400. The molecule has 0 aromatic heterocycles. The van der Waals surface area contributed by atoms with Crippen LogP contribution in [0.5, 0.6) is 5.75 Å². The molecule has 2 fully saturated rings. The van der Waals surface area contributed by atoms with Gasteiger partial charge in [0.1, 0.15) is 23.0 Å². The number of amides is 2. The molecule has 1 unspecified atom stereocenters. The third-order valence-electron chi connectivity index (χ3n) is 9.17. The van der Waals surface area contributed by atoms with Crippen LogP contribution < -0.4 is 15.0 Å². The van der Waals surface area contributed by atoms with Crippen LogP contribution in [0.15, 0.2) is 54.6 Å².